The molecule has 0 amide bonds. The number of fused-ring (bicyclic) bond motifs is 8. The molecule has 5 aliphatic carbocycles. The molecule has 0 aromatic rings. The fraction of sp³-hybridized carbons (Fsp3) is 1.00. The van der Waals surface area contributed by atoms with Crippen molar-refractivity contribution >= 4 is 0 Å². The van der Waals surface area contributed by atoms with Crippen LogP contribution in [-0.2, 0) is 4.74 Å². The summed E-state index contributed by atoms with van der Waals surface area (Å²) >= 11 is 0. The van der Waals surface area contributed by atoms with Gasteiger partial charge < -0.3 is 14.9 Å². The van der Waals surface area contributed by atoms with Gasteiger partial charge in [0, 0.05) is 0 Å². The molecule has 0 spiro atoms. The molecule has 13 atom stereocenters. The minimum atomic E-state index is -0.231. The zero-order chi connectivity index (χ0) is 24.0. The summed E-state index contributed by atoms with van der Waals surface area (Å²) in [6.07, 6.45) is 9.18. The molecule has 33 heavy (non-hydrogen) atoms. The predicted molar refractivity (Wildman–Crippen MR) is 132 cm³/mol. The maximum atomic E-state index is 11.8. The molecular formula is C30H50O3. The van der Waals surface area contributed by atoms with Gasteiger partial charge in [0.1, 0.15) is 0 Å². The summed E-state index contributed by atoms with van der Waals surface area (Å²) in [5, 5.41) is 22.8. The molecule has 0 radical (unpaired) electrons. The van der Waals surface area contributed by atoms with E-state index in [1.165, 1.54) is 25.7 Å². The number of aliphatic hydroxyl groups is 2. The quantitative estimate of drug-likeness (QED) is 0.425. The number of aliphatic hydroxyl groups excluding tert-OH is 2. The second-order valence-corrected chi connectivity index (χ2v) is 15.6. The molecular weight excluding hydrogens is 408 g/mol. The van der Waals surface area contributed by atoms with Gasteiger partial charge in [-0.2, -0.15) is 0 Å². The minimum Gasteiger partial charge on any atom is -0.393 e. The van der Waals surface area contributed by atoms with Gasteiger partial charge in [0.15, 0.2) is 0 Å². The Balaban J connectivity index is 1.41. The molecule has 2 N–H and O–H groups in total. The molecule has 188 valence electrons. The van der Waals surface area contributed by atoms with Gasteiger partial charge in [0.2, 0.25) is 0 Å². The van der Waals surface area contributed by atoms with Gasteiger partial charge >= 0.3 is 0 Å². The van der Waals surface area contributed by atoms with Crippen molar-refractivity contribution in [1.29, 1.82) is 0 Å². The molecule has 0 bridgehead atoms. The molecule has 3 nitrogen and oxygen atoms in total. The SMILES string of the molecule is C[C@H]1[C@@H]2[C@H]3CC[C@@H]4[C@@]5(C)CC[C@H](O)C(C)(C)[C@@H]5CC[C@@]4(C)[C@]3(C)C[C@H](O)[C@@]2(C)C[C@H]2O[C@@]21C. The first kappa shape index (κ1) is 23.3. The summed E-state index contributed by atoms with van der Waals surface area (Å²) < 4.78 is 6.31. The lowest BCUT2D eigenvalue weighted by molar-refractivity contribution is -0.272. The Kier molecular flexibility index (Phi) is 4.52. The highest BCUT2D eigenvalue weighted by molar-refractivity contribution is 5.23. The summed E-state index contributed by atoms with van der Waals surface area (Å²) in [6, 6.07) is 0. The van der Waals surface area contributed by atoms with Gasteiger partial charge in [0.05, 0.1) is 23.9 Å². The van der Waals surface area contributed by atoms with E-state index in [9.17, 15) is 10.2 Å². The molecule has 6 aliphatic rings. The van der Waals surface area contributed by atoms with E-state index in [1.807, 2.05) is 0 Å². The molecule has 3 heteroatoms. The van der Waals surface area contributed by atoms with E-state index in [0.29, 0.717) is 41.1 Å². The number of hydrogen-bond donors (Lipinski definition) is 2. The zero-order valence-electron chi connectivity index (χ0n) is 22.6. The molecule has 6 fully saturated rings. The van der Waals surface area contributed by atoms with Crippen LogP contribution in [0.1, 0.15) is 107 Å². The van der Waals surface area contributed by atoms with Gasteiger partial charge in [-0.1, -0.05) is 48.5 Å². The van der Waals surface area contributed by atoms with Crippen molar-refractivity contribution < 1.29 is 14.9 Å². The smallest absolute Gasteiger partial charge is 0.0948 e. The Morgan fingerprint density at radius 1 is 0.697 bits per heavy atom. The minimum absolute atomic E-state index is 0.00152. The van der Waals surface area contributed by atoms with Crippen LogP contribution in [0.5, 0.6) is 0 Å². The third-order valence-electron chi connectivity index (χ3n) is 14.5. The molecule has 6 rings (SSSR count). The number of ether oxygens (including phenoxy) is 1. The number of hydrogen-bond acceptors (Lipinski definition) is 3. The largest absolute Gasteiger partial charge is 0.393 e. The first-order valence-corrected chi connectivity index (χ1v) is 14.2. The van der Waals surface area contributed by atoms with Crippen molar-refractivity contribution in [1.82, 2.24) is 0 Å². The number of epoxide rings is 1. The molecule has 0 unspecified atom stereocenters. The van der Waals surface area contributed by atoms with Crippen LogP contribution in [0.4, 0.5) is 0 Å². The average Bonchev–Trinajstić information content (AvgIpc) is 3.38. The van der Waals surface area contributed by atoms with E-state index in [1.54, 1.807) is 0 Å². The molecule has 0 aromatic carbocycles. The average molecular weight is 459 g/mol. The normalized spacial score (nSPS) is 65.6. The first-order valence-electron chi connectivity index (χ1n) is 14.2. The van der Waals surface area contributed by atoms with Gasteiger partial charge in [-0.15, -0.1) is 0 Å². The Morgan fingerprint density at radius 2 is 1.39 bits per heavy atom. The second kappa shape index (κ2) is 6.41. The highest BCUT2D eigenvalue weighted by atomic mass is 16.6. The van der Waals surface area contributed by atoms with E-state index < -0.39 is 0 Å². The highest BCUT2D eigenvalue weighted by Gasteiger charge is 2.75. The van der Waals surface area contributed by atoms with E-state index in [-0.39, 0.29) is 39.5 Å². The van der Waals surface area contributed by atoms with Crippen molar-refractivity contribution in [3.63, 3.8) is 0 Å². The fourth-order valence-electron chi connectivity index (χ4n) is 12.1. The third-order valence-corrected chi connectivity index (χ3v) is 14.5. The van der Waals surface area contributed by atoms with Gasteiger partial charge in [0.25, 0.3) is 0 Å². The zero-order valence-corrected chi connectivity index (χ0v) is 22.6. The second-order valence-electron chi connectivity index (χ2n) is 15.6. The van der Waals surface area contributed by atoms with Crippen LogP contribution in [-0.4, -0.2) is 34.1 Å². The van der Waals surface area contributed by atoms with Crippen LogP contribution in [0.2, 0.25) is 0 Å². The van der Waals surface area contributed by atoms with Crippen LogP contribution in [0.3, 0.4) is 0 Å². The lowest BCUT2D eigenvalue weighted by atomic mass is 9.31. The summed E-state index contributed by atoms with van der Waals surface area (Å²) in [6.45, 7) is 19.7. The van der Waals surface area contributed by atoms with Crippen molar-refractivity contribution in [2.45, 2.75) is 131 Å². The van der Waals surface area contributed by atoms with Crippen LogP contribution >= 0.6 is 0 Å². The standard InChI is InChI=1S/C30H50O3/c1-17-24-18-9-10-20-26(4)13-12-21(31)25(2,3)19(26)11-14-28(20,6)29(18,7)15-22(32)27(24,5)16-23-30(17,8)33-23/h17-24,31-32H,9-16H2,1-8H3/t17-,18+,19-,20+,21-,22-,23+,24+,26-,27+,28+,29+,30+/m0/s1. The Labute approximate surface area is 202 Å². The Morgan fingerprint density at radius 3 is 2.09 bits per heavy atom. The topological polar surface area (TPSA) is 53.0 Å². The van der Waals surface area contributed by atoms with Crippen molar-refractivity contribution in [2.24, 2.45) is 56.7 Å². The van der Waals surface area contributed by atoms with Crippen LogP contribution in [0, 0.1) is 56.7 Å². The Hall–Kier alpha value is -0.120. The van der Waals surface area contributed by atoms with Gasteiger partial charge in [-0.3, -0.25) is 0 Å². The first-order chi connectivity index (χ1) is 15.2. The van der Waals surface area contributed by atoms with Gasteiger partial charge in [-0.25, -0.2) is 0 Å². The summed E-state index contributed by atoms with van der Waals surface area (Å²) in [7, 11) is 0. The van der Waals surface area contributed by atoms with Crippen LogP contribution in [0.15, 0.2) is 0 Å². The van der Waals surface area contributed by atoms with E-state index in [0.717, 1.165) is 25.7 Å². The lowest BCUT2D eigenvalue weighted by Crippen LogP contribution is -2.70. The molecule has 1 aliphatic heterocycles. The van der Waals surface area contributed by atoms with Crippen molar-refractivity contribution in [2.75, 3.05) is 0 Å². The van der Waals surface area contributed by atoms with Crippen molar-refractivity contribution in [3.8, 4) is 0 Å². The predicted octanol–water partition coefficient (Wildman–Crippen LogP) is 6.21. The van der Waals surface area contributed by atoms with E-state index in [4.69, 9.17) is 4.74 Å². The fourth-order valence-corrected chi connectivity index (χ4v) is 12.1. The molecule has 0 aromatic heterocycles. The van der Waals surface area contributed by atoms with E-state index >= 15 is 0 Å². The van der Waals surface area contributed by atoms with Crippen LogP contribution < -0.4 is 0 Å². The number of rotatable bonds is 0. The molecule has 5 saturated carbocycles. The van der Waals surface area contributed by atoms with Crippen LogP contribution in [0.25, 0.3) is 0 Å². The maximum absolute atomic E-state index is 11.8. The van der Waals surface area contributed by atoms with Gasteiger partial charge in [-0.05, 0) is 115 Å². The third kappa shape index (κ3) is 2.49. The lowest BCUT2D eigenvalue weighted by Gasteiger charge is -2.74. The highest BCUT2D eigenvalue weighted by Crippen LogP contribution is 2.78. The molecule has 1 heterocycles. The summed E-state index contributed by atoms with van der Waals surface area (Å²) in [5.74, 6) is 3.01. The van der Waals surface area contributed by atoms with E-state index in [2.05, 4.69) is 55.4 Å². The Bertz CT molecular complexity index is 853. The maximum Gasteiger partial charge on any atom is 0.0948 e. The van der Waals surface area contributed by atoms with Crippen molar-refractivity contribution in [3.05, 3.63) is 0 Å². The summed E-state index contributed by atoms with van der Waals surface area (Å²) in [5.41, 5.74) is 0.744. The molecule has 1 saturated heterocycles. The summed E-state index contributed by atoms with van der Waals surface area (Å²) in [4.78, 5) is 0. The monoisotopic (exact) mass is 458 g/mol.